The molecule has 1 aliphatic heterocycles. The summed E-state index contributed by atoms with van der Waals surface area (Å²) in [5.41, 5.74) is 7.37. The van der Waals surface area contributed by atoms with Gasteiger partial charge in [0.05, 0.1) is 0 Å². The lowest BCUT2D eigenvalue weighted by Crippen LogP contribution is -2.34. The fraction of sp³-hybridized carbons (Fsp3) is 0.364. The van der Waals surface area contributed by atoms with Crippen LogP contribution in [0.25, 0.3) is 0 Å². The zero-order valence-electron chi connectivity index (χ0n) is 8.31. The van der Waals surface area contributed by atoms with Crippen LogP contribution in [0.4, 0.5) is 5.69 Å². The first-order valence-corrected chi connectivity index (χ1v) is 5.00. The van der Waals surface area contributed by atoms with E-state index in [0.29, 0.717) is 5.69 Å². The van der Waals surface area contributed by atoms with Crippen LogP contribution < -0.4 is 11.1 Å². The molecular formula is C11H14N2O2. The average Bonchev–Trinajstić information content (AvgIpc) is 2.65. The molecule has 4 heteroatoms. The molecule has 0 saturated carbocycles. The summed E-state index contributed by atoms with van der Waals surface area (Å²) in [6.45, 7) is 0.746. The van der Waals surface area contributed by atoms with Crippen LogP contribution in [-0.2, 0) is 4.79 Å². The van der Waals surface area contributed by atoms with E-state index in [1.807, 2.05) is 24.3 Å². The number of carboxylic acid groups (broad SMARTS) is 1. The first-order chi connectivity index (χ1) is 7.18. The van der Waals surface area contributed by atoms with E-state index in [4.69, 9.17) is 10.8 Å². The van der Waals surface area contributed by atoms with E-state index < -0.39 is 12.0 Å². The molecule has 0 aromatic heterocycles. The van der Waals surface area contributed by atoms with Crippen molar-refractivity contribution in [2.45, 2.75) is 18.4 Å². The van der Waals surface area contributed by atoms with Crippen molar-refractivity contribution < 1.29 is 9.90 Å². The van der Waals surface area contributed by atoms with Crippen LogP contribution in [0.5, 0.6) is 0 Å². The molecule has 1 heterocycles. The number of nitrogens with one attached hydrogen (secondary N) is 1. The van der Waals surface area contributed by atoms with Crippen molar-refractivity contribution in [2.24, 2.45) is 0 Å². The molecule has 80 valence electrons. The molecule has 1 saturated heterocycles. The van der Waals surface area contributed by atoms with Crippen molar-refractivity contribution >= 4 is 11.7 Å². The van der Waals surface area contributed by atoms with Gasteiger partial charge in [0.1, 0.15) is 6.04 Å². The molecule has 4 nitrogen and oxygen atoms in total. The molecule has 15 heavy (non-hydrogen) atoms. The van der Waals surface area contributed by atoms with E-state index in [-0.39, 0.29) is 5.92 Å². The molecule has 2 rings (SSSR count). The van der Waals surface area contributed by atoms with Gasteiger partial charge in [0.25, 0.3) is 0 Å². The Balaban J connectivity index is 2.26. The van der Waals surface area contributed by atoms with Gasteiger partial charge >= 0.3 is 5.97 Å². The lowest BCUT2D eigenvalue weighted by Gasteiger charge is -2.15. The van der Waals surface area contributed by atoms with Gasteiger partial charge in [-0.2, -0.15) is 0 Å². The van der Waals surface area contributed by atoms with E-state index in [9.17, 15) is 4.79 Å². The summed E-state index contributed by atoms with van der Waals surface area (Å²) in [5.74, 6) is -0.758. The van der Waals surface area contributed by atoms with E-state index in [1.165, 1.54) is 0 Å². The molecular weight excluding hydrogens is 192 g/mol. The Bertz CT molecular complexity index is 379. The van der Waals surface area contributed by atoms with Crippen LogP contribution >= 0.6 is 0 Å². The van der Waals surface area contributed by atoms with Crippen LogP contribution in [0.15, 0.2) is 24.3 Å². The van der Waals surface area contributed by atoms with Crippen LogP contribution in [0, 0.1) is 0 Å². The first kappa shape index (κ1) is 9.98. The fourth-order valence-corrected chi connectivity index (χ4v) is 2.11. The summed E-state index contributed by atoms with van der Waals surface area (Å²) in [5, 5.41) is 12.0. The number of anilines is 1. The third kappa shape index (κ3) is 1.94. The number of hydrogen-bond donors (Lipinski definition) is 3. The quantitative estimate of drug-likeness (QED) is 0.626. The van der Waals surface area contributed by atoms with Crippen molar-refractivity contribution in [3.8, 4) is 0 Å². The Kier molecular flexibility index (Phi) is 2.60. The largest absolute Gasteiger partial charge is 0.480 e. The Morgan fingerprint density at radius 3 is 3.00 bits per heavy atom. The van der Waals surface area contributed by atoms with Gasteiger partial charge in [0.15, 0.2) is 0 Å². The lowest BCUT2D eigenvalue weighted by molar-refractivity contribution is -0.139. The minimum absolute atomic E-state index is 0.0333. The van der Waals surface area contributed by atoms with Crippen molar-refractivity contribution in [1.29, 1.82) is 0 Å². The number of nitrogens with two attached hydrogens (primary N) is 1. The predicted molar refractivity (Wildman–Crippen MR) is 57.6 cm³/mol. The number of rotatable bonds is 2. The third-order valence-electron chi connectivity index (χ3n) is 2.83. The van der Waals surface area contributed by atoms with Crippen molar-refractivity contribution in [3.05, 3.63) is 29.8 Å². The van der Waals surface area contributed by atoms with Gasteiger partial charge in [0.2, 0.25) is 0 Å². The minimum Gasteiger partial charge on any atom is -0.480 e. The zero-order chi connectivity index (χ0) is 10.8. The number of aliphatic carboxylic acids is 1. The minimum atomic E-state index is -0.792. The summed E-state index contributed by atoms with van der Waals surface area (Å²) >= 11 is 0. The maximum Gasteiger partial charge on any atom is 0.321 e. The van der Waals surface area contributed by atoms with Crippen molar-refractivity contribution in [1.82, 2.24) is 5.32 Å². The van der Waals surface area contributed by atoms with Crippen LogP contribution in [-0.4, -0.2) is 23.7 Å². The normalized spacial score (nSPS) is 25.3. The van der Waals surface area contributed by atoms with Crippen molar-refractivity contribution in [3.63, 3.8) is 0 Å². The Morgan fingerprint density at radius 2 is 2.33 bits per heavy atom. The molecule has 0 aliphatic carbocycles. The van der Waals surface area contributed by atoms with E-state index in [1.54, 1.807) is 0 Å². The predicted octanol–water partition coefficient (Wildman–Crippen LogP) is 0.799. The lowest BCUT2D eigenvalue weighted by atomic mass is 9.92. The van der Waals surface area contributed by atoms with Crippen molar-refractivity contribution in [2.75, 3.05) is 12.3 Å². The smallest absolute Gasteiger partial charge is 0.321 e. The number of nitrogen functional groups attached to an aromatic ring is 1. The van der Waals surface area contributed by atoms with Gasteiger partial charge in [-0.3, -0.25) is 4.79 Å². The second-order valence-electron chi connectivity index (χ2n) is 3.84. The van der Waals surface area contributed by atoms with E-state index in [2.05, 4.69) is 5.32 Å². The van der Waals surface area contributed by atoms with Gasteiger partial charge in [0, 0.05) is 11.6 Å². The molecule has 0 radical (unpaired) electrons. The summed E-state index contributed by atoms with van der Waals surface area (Å²) in [4.78, 5) is 11.0. The molecule has 0 bridgehead atoms. The molecule has 1 aromatic carbocycles. The highest BCUT2D eigenvalue weighted by molar-refractivity contribution is 5.75. The highest BCUT2D eigenvalue weighted by Gasteiger charge is 2.33. The highest BCUT2D eigenvalue weighted by atomic mass is 16.4. The number of benzene rings is 1. The monoisotopic (exact) mass is 206 g/mol. The number of carboxylic acids is 1. The molecule has 1 fully saturated rings. The number of carbonyl (C=O) groups is 1. The van der Waals surface area contributed by atoms with Gasteiger partial charge in [-0.25, -0.2) is 0 Å². The number of hydrogen-bond acceptors (Lipinski definition) is 3. The van der Waals surface area contributed by atoms with Crippen LogP contribution in [0.2, 0.25) is 0 Å². The SMILES string of the molecule is Nc1cccc([C@H]2CCN[C@@H]2C(=O)O)c1. The molecule has 4 N–H and O–H groups in total. The maximum atomic E-state index is 11.0. The van der Waals surface area contributed by atoms with Gasteiger partial charge in [-0.1, -0.05) is 12.1 Å². The molecule has 1 aliphatic rings. The second kappa shape index (κ2) is 3.90. The van der Waals surface area contributed by atoms with E-state index >= 15 is 0 Å². The van der Waals surface area contributed by atoms with Gasteiger partial charge in [-0.05, 0) is 30.7 Å². The average molecular weight is 206 g/mol. The van der Waals surface area contributed by atoms with E-state index in [0.717, 1.165) is 18.5 Å². The molecule has 2 atom stereocenters. The first-order valence-electron chi connectivity index (χ1n) is 5.00. The third-order valence-corrected chi connectivity index (χ3v) is 2.83. The molecule has 0 unspecified atom stereocenters. The molecule has 0 spiro atoms. The summed E-state index contributed by atoms with van der Waals surface area (Å²) < 4.78 is 0. The Hall–Kier alpha value is -1.55. The van der Waals surface area contributed by atoms with Gasteiger partial charge in [-0.15, -0.1) is 0 Å². The summed E-state index contributed by atoms with van der Waals surface area (Å²) in [6.07, 6.45) is 0.848. The Labute approximate surface area is 88.1 Å². The molecule has 1 aromatic rings. The Morgan fingerprint density at radius 1 is 1.53 bits per heavy atom. The zero-order valence-corrected chi connectivity index (χ0v) is 8.31. The topological polar surface area (TPSA) is 75.3 Å². The molecule has 0 amide bonds. The maximum absolute atomic E-state index is 11.0. The fourth-order valence-electron chi connectivity index (χ4n) is 2.11. The standard InChI is InChI=1S/C11H14N2O2/c12-8-3-1-2-7(6-8)9-4-5-13-10(9)11(14)15/h1-3,6,9-10,13H,4-5,12H2,(H,14,15)/t9-,10+/m1/s1. The van der Waals surface area contributed by atoms with Gasteiger partial charge < -0.3 is 16.2 Å². The summed E-state index contributed by atoms with van der Waals surface area (Å²) in [7, 11) is 0. The van der Waals surface area contributed by atoms with Crippen LogP contribution in [0.3, 0.4) is 0 Å². The van der Waals surface area contributed by atoms with Crippen LogP contribution in [0.1, 0.15) is 17.9 Å². The summed E-state index contributed by atoms with van der Waals surface area (Å²) in [6, 6.07) is 6.98. The second-order valence-corrected chi connectivity index (χ2v) is 3.84. The highest BCUT2D eigenvalue weighted by Crippen LogP contribution is 2.28.